The van der Waals surface area contributed by atoms with Crippen LogP contribution in [0.2, 0.25) is 5.02 Å². The van der Waals surface area contributed by atoms with Gasteiger partial charge in [0.05, 0.1) is 6.20 Å². The molecule has 0 spiro atoms. The van der Waals surface area contributed by atoms with Crippen molar-refractivity contribution in [3.63, 3.8) is 0 Å². The first kappa shape index (κ1) is 11.2. The van der Waals surface area contributed by atoms with Crippen molar-refractivity contribution >= 4 is 11.6 Å². The molecule has 0 bridgehead atoms. The summed E-state index contributed by atoms with van der Waals surface area (Å²) in [6, 6.07) is 5.78. The van der Waals surface area contributed by atoms with Crippen molar-refractivity contribution in [1.29, 1.82) is 0 Å². The van der Waals surface area contributed by atoms with Crippen molar-refractivity contribution < 1.29 is 0 Å². The van der Waals surface area contributed by atoms with Gasteiger partial charge in [0.2, 0.25) is 0 Å². The summed E-state index contributed by atoms with van der Waals surface area (Å²) in [6.45, 7) is 2.52. The third kappa shape index (κ3) is 1.84. The van der Waals surface area contributed by atoms with Crippen molar-refractivity contribution in [2.75, 3.05) is 0 Å². The lowest BCUT2D eigenvalue weighted by Gasteiger charge is -2.07. The van der Waals surface area contributed by atoms with Crippen LogP contribution in [0.5, 0.6) is 0 Å². The molecule has 0 radical (unpaired) electrons. The van der Waals surface area contributed by atoms with Gasteiger partial charge in [0.1, 0.15) is 0 Å². The molecule has 0 saturated heterocycles. The van der Waals surface area contributed by atoms with Crippen LogP contribution in [0.3, 0.4) is 0 Å². The summed E-state index contributed by atoms with van der Waals surface area (Å²) in [6.07, 6.45) is 1.86. The van der Waals surface area contributed by atoms with Crippen LogP contribution in [0.25, 0.3) is 11.1 Å². The predicted molar refractivity (Wildman–Crippen MR) is 66.3 cm³/mol. The summed E-state index contributed by atoms with van der Waals surface area (Å²) in [7, 11) is 1.93. The molecule has 84 valence electrons. The zero-order chi connectivity index (χ0) is 11.7. The molecular formula is C12H14ClN3. The van der Waals surface area contributed by atoms with E-state index < -0.39 is 0 Å². The van der Waals surface area contributed by atoms with Crippen molar-refractivity contribution in [3.05, 3.63) is 40.7 Å². The van der Waals surface area contributed by atoms with Gasteiger partial charge in [0.25, 0.3) is 0 Å². The zero-order valence-corrected chi connectivity index (χ0v) is 10.1. The molecule has 2 N–H and O–H groups in total. The first-order valence-corrected chi connectivity index (χ1v) is 5.48. The normalized spacial score (nSPS) is 10.8. The van der Waals surface area contributed by atoms with Gasteiger partial charge < -0.3 is 5.73 Å². The Labute approximate surface area is 99.8 Å². The molecule has 0 amide bonds. The first-order chi connectivity index (χ1) is 7.63. The molecule has 1 aromatic carbocycles. The van der Waals surface area contributed by atoms with Gasteiger partial charge in [0, 0.05) is 29.9 Å². The SMILES string of the molecule is Cc1c(-c2ccc(Cl)cc2CN)cnn1C. The van der Waals surface area contributed by atoms with Crippen LogP contribution in [0.1, 0.15) is 11.3 Å². The highest BCUT2D eigenvalue weighted by Crippen LogP contribution is 2.28. The molecule has 3 nitrogen and oxygen atoms in total. The highest BCUT2D eigenvalue weighted by atomic mass is 35.5. The minimum absolute atomic E-state index is 0.476. The van der Waals surface area contributed by atoms with Gasteiger partial charge in [-0.2, -0.15) is 5.10 Å². The number of benzene rings is 1. The second-order valence-corrected chi connectivity index (χ2v) is 4.21. The lowest BCUT2D eigenvalue weighted by atomic mass is 10.0. The fourth-order valence-electron chi connectivity index (χ4n) is 1.76. The summed E-state index contributed by atoms with van der Waals surface area (Å²) in [5, 5.41) is 4.95. The largest absolute Gasteiger partial charge is 0.326 e. The van der Waals surface area contributed by atoms with E-state index in [4.69, 9.17) is 17.3 Å². The van der Waals surface area contributed by atoms with Crippen molar-refractivity contribution in [2.24, 2.45) is 12.8 Å². The topological polar surface area (TPSA) is 43.8 Å². The van der Waals surface area contributed by atoms with Crippen molar-refractivity contribution in [2.45, 2.75) is 13.5 Å². The Morgan fingerprint density at radius 1 is 1.38 bits per heavy atom. The summed E-state index contributed by atoms with van der Waals surface area (Å²) in [4.78, 5) is 0. The monoisotopic (exact) mass is 235 g/mol. The minimum atomic E-state index is 0.476. The van der Waals surface area contributed by atoms with Gasteiger partial charge in [-0.25, -0.2) is 0 Å². The van der Waals surface area contributed by atoms with Gasteiger partial charge in [-0.3, -0.25) is 4.68 Å². The van der Waals surface area contributed by atoms with E-state index in [1.165, 1.54) is 0 Å². The molecule has 0 aliphatic heterocycles. The Bertz CT molecular complexity index is 517. The van der Waals surface area contributed by atoms with E-state index in [0.29, 0.717) is 11.6 Å². The van der Waals surface area contributed by atoms with Crippen LogP contribution in [-0.2, 0) is 13.6 Å². The average molecular weight is 236 g/mol. The quantitative estimate of drug-likeness (QED) is 0.869. The molecule has 1 aromatic heterocycles. The molecule has 2 rings (SSSR count). The van der Waals surface area contributed by atoms with Gasteiger partial charge in [-0.05, 0) is 30.2 Å². The van der Waals surface area contributed by atoms with E-state index in [-0.39, 0.29) is 0 Å². The highest BCUT2D eigenvalue weighted by Gasteiger charge is 2.10. The van der Waals surface area contributed by atoms with Crippen LogP contribution in [0.15, 0.2) is 24.4 Å². The maximum atomic E-state index is 5.95. The minimum Gasteiger partial charge on any atom is -0.326 e. The zero-order valence-electron chi connectivity index (χ0n) is 9.37. The molecule has 0 aliphatic rings. The molecule has 4 heteroatoms. The lowest BCUT2D eigenvalue weighted by molar-refractivity contribution is 0.740. The first-order valence-electron chi connectivity index (χ1n) is 5.11. The molecule has 0 aliphatic carbocycles. The van der Waals surface area contributed by atoms with Crippen LogP contribution < -0.4 is 5.73 Å². The molecule has 2 aromatic rings. The van der Waals surface area contributed by atoms with Gasteiger partial charge >= 0.3 is 0 Å². The second kappa shape index (κ2) is 4.28. The third-order valence-corrected chi connectivity index (χ3v) is 3.05. The summed E-state index contributed by atoms with van der Waals surface area (Å²) in [5.74, 6) is 0. The number of hydrogen-bond donors (Lipinski definition) is 1. The Balaban J connectivity index is 2.59. The fraction of sp³-hybridized carbons (Fsp3) is 0.250. The summed E-state index contributed by atoms with van der Waals surface area (Å²) < 4.78 is 1.85. The van der Waals surface area contributed by atoms with Crippen LogP contribution >= 0.6 is 11.6 Å². The average Bonchev–Trinajstić information content (AvgIpc) is 2.60. The number of hydrogen-bond acceptors (Lipinski definition) is 2. The number of nitrogens with two attached hydrogens (primary N) is 1. The summed E-state index contributed by atoms with van der Waals surface area (Å²) in [5.41, 5.74) is 10.1. The molecule has 0 saturated carbocycles. The Morgan fingerprint density at radius 2 is 2.12 bits per heavy atom. The van der Waals surface area contributed by atoms with Crippen molar-refractivity contribution in [3.8, 4) is 11.1 Å². The Hall–Kier alpha value is -1.32. The summed E-state index contributed by atoms with van der Waals surface area (Å²) >= 11 is 5.95. The molecule has 0 atom stereocenters. The molecular weight excluding hydrogens is 222 g/mol. The van der Waals surface area contributed by atoms with E-state index in [2.05, 4.69) is 5.10 Å². The van der Waals surface area contributed by atoms with Crippen LogP contribution in [-0.4, -0.2) is 9.78 Å². The number of halogens is 1. The number of aryl methyl sites for hydroxylation is 1. The van der Waals surface area contributed by atoms with E-state index in [0.717, 1.165) is 22.4 Å². The van der Waals surface area contributed by atoms with Crippen LogP contribution in [0.4, 0.5) is 0 Å². The lowest BCUT2D eigenvalue weighted by Crippen LogP contribution is -1.99. The Morgan fingerprint density at radius 3 is 2.69 bits per heavy atom. The van der Waals surface area contributed by atoms with E-state index >= 15 is 0 Å². The number of aromatic nitrogens is 2. The van der Waals surface area contributed by atoms with E-state index in [9.17, 15) is 0 Å². The van der Waals surface area contributed by atoms with Crippen LogP contribution in [0, 0.1) is 6.92 Å². The predicted octanol–water partition coefficient (Wildman–Crippen LogP) is 2.51. The highest BCUT2D eigenvalue weighted by molar-refractivity contribution is 6.30. The molecule has 0 unspecified atom stereocenters. The van der Waals surface area contributed by atoms with Gasteiger partial charge in [-0.15, -0.1) is 0 Å². The van der Waals surface area contributed by atoms with E-state index in [1.807, 2.05) is 43.0 Å². The van der Waals surface area contributed by atoms with Gasteiger partial charge in [-0.1, -0.05) is 17.7 Å². The standard InChI is InChI=1S/C12H14ClN3/c1-8-12(7-15-16(8)2)11-4-3-10(13)5-9(11)6-14/h3-5,7H,6,14H2,1-2H3. The molecule has 1 heterocycles. The third-order valence-electron chi connectivity index (χ3n) is 2.81. The fourth-order valence-corrected chi connectivity index (χ4v) is 1.95. The smallest absolute Gasteiger partial charge is 0.0571 e. The van der Waals surface area contributed by atoms with Crippen molar-refractivity contribution in [1.82, 2.24) is 9.78 Å². The molecule has 0 fully saturated rings. The van der Waals surface area contributed by atoms with Gasteiger partial charge in [0.15, 0.2) is 0 Å². The number of rotatable bonds is 2. The second-order valence-electron chi connectivity index (χ2n) is 3.77. The maximum Gasteiger partial charge on any atom is 0.0571 e. The Kier molecular flexibility index (Phi) is 2.99. The van der Waals surface area contributed by atoms with E-state index in [1.54, 1.807) is 0 Å². The number of nitrogens with zero attached hydrogens (tertiary/aromatic N) is 2. The molecule has 16 heavy (non-hydrogen) atoms. The maximum absolute atomic E-state index is 5.95.